The van der Waals surface area contributed by atoms with Crippen LogP contribution in [0.3, 0.4) is 0 Å². The first-order chi connectivity index (χ1) is 9.16. The Morgan fingerprint density at radius 1 is 1.16 bits per heavy atom. The maximum atomic E-state index is 11.3. The number of rotatable bonds is 5. The van der Waals surface area contributed by atoms with Crippen molar-refractivity contribution in [2.24, 2.45) is 11.1 Å². The molecule has 1 aliphatic carbocycles. The number of benzene rings is 1. The van der Waals surface area contributed by atoms with E-state index in [1.54, 1.807) is 0 Å². The van der Waals surface area contributed by atoms with Crippen LogP contribution in [0.15, 0.2) is 30.3 Å². The summed E-state index contributed by atoms with van der Waals surface area (Å²) in [4.78, 5) is 0. The van der Waals surface area contributed by atoms with Crippen LogP contribution in [-0.2, 0) is 6.42 Å². The summed E-state index contributed by atoms with van der Waals surface area (Å²) in [6.07, 6.45) is 7.33. The van der Waals surface area contributed by atoms with Crippen LogP contribution in [0.5, 0.6) is 0 Å². The quantitative estimate of drug-likeness (QED) is 0.854. The minimum Gasteiger partial charge on any atom is -0.389 e. The molecule has 0 amide bonds. The molecular weight excluding hydrogens is 234 g/mol. The van der Waals surface area contributed by atoms with Crippen LogP contribution in [0.1, 0.15) is 51.0 Å². The molecule has 0 saturated heterocycles. The van der Waals surface area contributed by atoms with E-state index in [2.05, 4.69) is 19.1 Å². The van der Waals surface area contributed by atoms with Gasteiger partial charge in [0.1, 0.15) is 0 Å². The SMILES string of the molecule is CCC(O)(Cc1ccccc1)C1(CN)CCCCC1. The zero-order chi connectivity index (χ0) is 13.8. The van der Waals surface area contributed by atoms with E-state index in [1.807, 2.05) is 18.2 Å². The average molecular weight is 261 g/mol. The van der Waals surface area contributed by atoms with Gasteiger partial charge in [0, 0.05) is 18.4 Å². The van der Waals surface area contributed by atoms with Crippen molar-refractivity contribution in [2.45, 2.75) is 57.5 Å². The molecule has 1 unspecified atom stereocenters. The van der Waals surface area contributed by atoms with Gasteiger partial charge in [-0.15, -0.1) is 0 Å². The minimum atomic E-state index is -0.663. The molecule has 106 valence electrons. The predicted molar refractivity (Wildman–Crippen MR) is 80.0 cm³/mol. The van der Waals surface area contributed by atoms with Crippen molar-refractivity contribution < 1.29 is 5.11 Å². The molecule has 0 heterocycles. The number of hydrogen-bond acceptors (Lipinski definition) is 2. The minimum absolute atomic E-state index is 0.0875. The lowest BCUT2D eigenvalue weighted by Crippen LogP contribution is -2.54. The maximum absolute atomic E-state index is 11.3. The van der Waals surface area contributed by atoms with E-state index in [0.29, 0.717) is 6.54 Å². The summed E-state index contributed by atoms with van der Waals surface area (Å²) in [6.45, 7) is 2.69. The zero-order valence-corrected chi connectivity index (χ0v) is 12.1. The fraction of sp³-hybridized carbons (Fsp3) is 0.647. The summed E-state index contributed by atoms with van der Waals surface area (Å²) in [5.41, 5.74) is 6.56. The lowest BCUT2D eigenvalue weighted by molar-refractivity contribution is -0.102. The molecule has 1 aromatic carbocycles. The summed E-state index contributed by atoms with van der Waals surface area (Å²) < 4.78 is 0. The van der Waals surface area contributed by atoms with Crippen molar-refractivity contribution in [1.82, 2.24) is 0 Å². The molecule has 0 bridgehead atoms. The highest BCUT2D eigenvalue weighted by atomic mass is 16.3. The van der Waals surface area contributed by atoms with Crippen LogP contribution in [-0.4, -0.2) is 17.3 Å². The van der Waals surface area contributed by atoms with Gasteiger partial charge >= 0.3 is 0 Å². The summed E-state index contributed by atoms with van der Waals surface area (Å²) >= 11 is 0. The Balaban J connectivity index is 2.24. The monoisotopic (exact) mass is 261 g/mol. The molecule has 0 spiro atoms. The molecule has 19 heavy (non-hydrogen) atoms. The highest BCUT2D eigenvalue weighted by molar-refractivity contribution is 5.19. The predicted octanol–water partition coefficient (Wildman–Crippen LogP) is 3.28. The van der Waals surface area contributed by atoms with E-state index in [-0.39, 0.29) is 5.41 Å². The Hall–Kier alpha value is -0.860. The summed E-state index contributed by atoms with van der Waals surface area (Å²) in [5.74, 6) is 0. The Morgan fingerprint density at radius 2 is 1.79 bits per heavy atom. The van der Waals surface area contributed by atoms with Crippen molar-refractivity contribution in [3.8, 4) is 0 Å². The second-order valence-electron chi connectivity index (χ2n) is 6.09. The van der Waals surface area contributed by atoms with Crippen LogP contribution in [0.4, 0.5) is 0 Å². The van der Waals surface area contributed by atoms with Crippen LogP contribution < -0.4 is 5.73 Å². The third kappa shape index (κ3) is 2.85. The Labute approximate surface area is 117 Å². The van der Waals surface area contributed by atoms with Gasteiger partial charge in [0.2, 0.25) is 0 Å². The van der Waals surface area contributed by atoms with Crippen molar-refractivity contribution in [1.29, 1.82) is 0 Å². The van der Waals surface area contributed by atoms with Gasteiger partial charge in [-0.2, -0.15) is 0 Å². The van der Waals surface area contributed by atoms with E-state index in [0.717, 1.165) is 25.7 Å². The lowest BCUT2D eigenvalue weighted by Gasteiger charge is -2.49. The van der Waals surface area contributed by atoms with Crippen molar-refractivity contribution in [2.75, 3.05) is 6.54 Å². The van der Waals surface area contributed by atoms with E-state index in [4.69, 9.17) is 5.73 Å². The van der Waals surface area contributed by atoms with Crippen LogP contribution in [0.25, 0.3) is 0 Å². The van der Waals surface area contributed by atoms with Gasteiger partial charge < -0.3 is 10.8 Å². The Kier molecular flexibility index (Phi) is 4.64. The number of nitrogens with two attached hydrogens (primary N) is 1. The molecule has 3 N–H and O–H groups in total. The third-order valence-electron chi connectivity index (χ3n) is 5.11. The molecule has 0 aliphatic heterocycles. The number of hydrogen-bond donors (Lipinski definition) is 2. The second kappa shape index (κ2) is 6.06. The summed E-state index contributed by atoms with van der Waals surface area (Å²) in [7, 11) is 0. The molecule has 1 aliphatic rings. The molecule has 0 aromatic heterocycles. The molecule has 1 saturated carbocycles. The molecule has 1 fully saturated rings. The zero-order valence-electron chi connectivity index (χ0n) is 12.1. The van der Waals surface area contributed by atoms with Crippen LogP contribution >= 0.6 is 0 Å². The van der Waals surface area contributed by atoms with Crippen molar-refractivity contribution in [3.05, 3.63) is 35.9 Å². The second-order valence-corrected chi connectivity index (χ2v) is 6.09. The highest BCUT2D eigenvalue weighted by Gasteiger charge is 2.48. The smallest absolute Gasteiger partial charge is 0.0753 e. The molecule has 2 nitrogen and oxygen atoms in total. The van der Waals surface area contributed by atoms with Gasteiger partial charge in [-0.1, -0.05) is 56.5 Å². The van der Waals surface area contributed by atoms with Gasteiger partial charge in [-0.25, -0.2) is 0 Å². The average Bonchev–Trinajstić information content (AvgIpc) is 2.48. The van der Waals surface area contributed by atoms with E-state index < -0.39 is 5.60 Å². The van der Waals surface area contributed by atoms with Gasteiger partial charge in [0.15, 0.2) is 0 Å². The fourth-order valence-corrected chi connectivity index (χ4v) is 3.71. The van der Waals surface area contributed by atoms with E-state index in [9.17, 15) is 5.11 Å². The number of aliphatic hydroxyl groups is 1. The summed E-state index contributed by atoms with van der Waals surface area (Å²) in [6, 6.07) is 10.3. The molecule has 2 heteroatoms. The topological polar surface area (TPSA) is 46.2 Å². The molecule has 2 rings (SSSR count). The fourth-order valence-electron chi connectivity index (χ4n) is 3.71. The standard InChI is InChI=1S/C17H27NO/c1-2-17(19,13-15-9-5-3-6-10-15)16(14-18)11-7-4-8-12-16/h3,5-6,9-10,19H,2,4,7-8,11-14,18H2,1H3. The van der Waals surface area contributed by atoms with Crippen LogP contribution in [0.2, 0.25) is 0 Å². The van der Waals surface area contributed by atoms with Gasteiger partial charge in [-0.3, -0.25) is 0 Å². The Morgan fingerprint density at radius 3 is 2.32 bits per heavy atom. The molecule has 0 radical (unpaired) electrons. The summed E-state index contributed by atoms with van der Waals surface area (Å²) in [5, 5.41) is 11.3. The van der Waals surface area contributed by atoms with Gasteiger partial charge in [-0.05, 0) is 24.8 Å². The lowest BCUT2D eigenvalue weighted by atomic mass is 9.60. The third-order valence-corrected chi connectivity index (χ3v) is 5.11. The molecule has 1 aromatic rings. The van der Waals surface area contributed by atoms with Crippen molar-refractivity contribution >= 4 is 0 Å². The normalized spacial score (nSPS) is 21.8. The van der Waals surface area contributed by atoms with Gasteiger partial charge in [0.05, 0.1) is 5.60 Å². The van der Waals surface area contributed by atoms with Crippen molar-refractivity contribution in [3.63, 3.8) is 0 Å². The highest BCUT2D eigenvalue weighted by Crippen LogP contribution is 2.47. The molecular formula is C17H27NO. The van der Waals surface area contributed by atoms with E-state index in [1.165, 1.54) is 24.8 Å². The van der Waals surface area contributed by atoms with Gasteiger partial charge in [0.25, 0.3) is 0 Å². The molecule has 1 atom stereocenters. The maximum Gasteiger partial charge on any atom is 0.0753 e. The van der Waals surface area contributed by atoms with Crippen LogP contribution in [0, 0.1) is 5.41 Å². The first kappa shape index (κ1) is 14.5. The largest absolute Gasteiger partial charge is 0.389 e. The van der Waals surface area contributed by atoms with E-state index >= 15 is 0 Å². The first-order valence-electron chi connectivity index (χ1n) is 7.62. The first-order valence-corrected chi connectivity index (χ1v) is 7.62. The Bertz CT molecular complexity index is 384.